The Balaban J connectivity index is 1.55. The summed E-state index contributed by atoms with van der Waals surface area (Å²) >= 11 is 0. The number of carbonyl (C=O) groups is 1. The van der Waals surface area contributed by atoms with Crippen molar-refractivity contribution in [2.24, 2.45) is 7.05 Å². The molecule has 122 valence electrons. The molecule has 0 radical (unpaired) electrons. The van der Waals surface area contributed by atoms with Crippen LogP contribution in [0.3, 0.4) is 0 Å². The average Bonchev–Trinajstić information content (AvgIpc) is 3.33. The maximum atomic E-state index is 12.4. The van der Waals surface area contributed by atoms with Gasteiger partial charge in [-0.05, 0) is 38.0 Å². The molecule has 0 bridgehead atoms. The molecule has 2 aliphatic rings. The van der Waals surface area contributed by atoms with Gasteiger partial charge in [0.15, 0.2) is 0 Å². The molecule has 2 N–H and O–H groups in total. The molecule has 1 aromatic heterocycles. The maximum Gasteiger partial charge on any atom is 0.244 e. The van der Waals surface area contributed by atoms with Crippen LogP contribution in [0.2, 0.25) is 0 Å². The number of anilines is 1. The number of nitrogens with zero attached hydrogens (tertiary/aromatic N) is 2. The molecule has 2 aromatic rings. The molecule has 23 heavy (non-hydrogen) atoms. The number of nitrogens with one attached hydrogen (secondary N) is 2. The Kier molecular flexibility index (Phi) is 3.58. The summed E-state index contributed by atoms with van der Waals surface area (Å²) in [6, 6.07) is 5.60. The third-order valence-electron chi connectivity index (χ3n) is 4.72. The number of amides is 1. The van der Waals surface area contributed by atoms with Crippen LogP contribution in [0.4, 0.5) is 5.69 Å². The van der Waals surface area contributed by atoms with Crippen molar-refractivity contribution in [3.05, 3.63) is 24.0 Å². The smallest absolute Gasteiger partial charge is 0.244 e. The van der Waals surface area contributed by atoms with Gasteiger partial charge in [0.2, 0.25) is 5.91 Å². The van der Waals surface area contributed by atoms with Crippen LogP contribution in [0.1, 0.15) is 31.5 Å². The van der Waals surface area contributed by atoms with Crippen molar-refractivity contribution in [3.63, 3.8) is 0 Å². The monoisotopic (exact) mass is 314 g/mol. The van der Waals surface area contributed by atoms with Gasteiger partial charge in [-0.1, -0.05) is 0 Å². The molecule has 6 nitrogen and oxygen atoms in total. The van der Waals surface area contributed by atoms with Crippen LogP contribution in [0.25, 0.3) is 11.0 Å². The number of rotatable bonds is 3. The van der Waals surface area contributed by atoms with Gasteiger partial charge in [0.25, 0.3) is 0 Å². The zero-order valence-electron chi connectivity index (χ0n) is 13.5. The predicted molar refractivity (Wildman–Crippen MR) is 88.5 cm³/mol. The minimum absolute atomic E-state index is 0.0603. The number of fused-ring (bicyclic) bond motifs is 1. The lowest BCUT2D eigenvalue weighted by Gasteiger charge is -2.29. The summed E-state index contributed by atoms with van der Waals surface area (Å²) in [7, 11) is 2.06. The third kappa shape index (κ3) is 2.72. The lowest BCUT2D eigenvalue weighted by atomic mass is 10.1. The number of benzene rings is 1. The Labute approximate surface area is 135 Å². The number of carbonyl (C=O) groups excluding carboxylic acids is 1. The highest BCUT2D eigenvalue weighted by Gasteiger charge is 2.30. The minimum Gasteiger partial charge on any atom is -0.375 e. The zero-order valence-corrected chi connectivity index (χ0v) is 13.5. The Morgan fingerprint density at radius 1 is 1.43 bits per heavy atom. The second-order valence-electron chi connectivity index (χ2n) is 6.50. The van der Waals surface area contributed by atoms with Crippen LogP contribution in [0.5, 0.6) is 0 Å². The fourth-order valence-corrected chi connectivity index (χ4v) is 3.25. The third-order valence-corrected chi connectivity index (χ3v) is 4.72. The SMILES string of the molecule is C[C@H]1OCCN[C@@H]1C(=O)Nc1ccc2c(c1)nc(C1CC1)n2C. The number of ether oxygens (including phenoxy) is 1. The minimum atomic E-state index is -0.315. The van der Waals surface area contributed by atoms with Gasteiger partial charge in [0.1, 0.15) is 11.9 Å². The fraction of sp³-hybridized carbons (Fsp3) is 0.529. The normalized spacial score (nSPS) is 24.8. The maximum absolute atomic E-state index is 12.4. The molecule has 1 saturated carbocycles. The van der Waals surface area contributed by atoms with Crippen molar-refractivity contribution < 1.29 is 9.53 Å². The van der Waals surface area contributed by atoms with Crippen LogP contribution in [-0.2, 0) is 16.6 Å². The Bertz CT molecular complexity index is 750. The molecule has 1 aliphatic heterocycles. The van der Waals surface area contributed by atoms with E-state index in [1.807, 2.05) is 25.1 Å². The molecule has 1 aliphatic carbocycles. The summed E-state index contributed by atoms with van der Waals surface area (Å²) in [5, 5.41) is 6.18. The molecule has 4 rings (SSSR count). The number of hydrogen-bond acceptors (Lipinski definition) is 4. The van der Waals surface area contributed by atoms with Gasteiger partial charge >= 0.3 is 0 Å². The van der Waals surface area contributed by atoms with E-state index in [4.69, 9.17) is 9.72 Å². The first-order valence-corrected chi connectivity index (χ1v) is 8.25. The molecule has 0 spiro atoms. The topological polar surface area (TPSA) is 68.2 Å². The van der Waals surface area contributed by atoms with E-state index in [0.717, 1.165) is 22.5 Å². The first-order valence-electron chi connectivity index (χ1n) is 8.25. The van der Waals surface area contributed by atoms with Crippen LogP contribution in [0.15, 0.2) is 18.2 Å². The van der Waals surface area contributed by atoms with Crippen molar-refractivity contribution in [3.8, 4) is 0 Å². The molecular weight excluding hydrogens is 292 g/mol. The summed E-state index contributed by atoms with van der Waals surface area (Å²) in [5.74, 6) is 1.70. The average molecular weight is 314 g/mol. The first kappa shape index (κ1) is 14.7. The number of aromatic nitrogens is 2. The van der Waals surface area contributed by atoms with E-state index < -0.39 is 0 Å². The summed E-state index contributed by atoms with van der Waals surface area (Å²) < 4.78 is 7.70. The molecule has 0 unspecified atom stereocenters. The van der Waals surface area contributed by atoms with Gasteiger partial charge in [-0.3, -0.25) is 4.79 Å². The van der Waals surface area contributed by atoms with Crippen molar-refractivity contribution >= 4 is 22.6 Å². The molecule has 1 saturated heterocycles. The van der Waals surface area contributed by atoms with E-state index in [1.54, 1.807) is 0 Å². The quantitative estimate of drug-likeness (QED) is 0.906. The van der Waals surface area contributed by atoms with Crippen molar-refractivity contribution in [1.82, 2.24) is 14.9 Å². The lowest BCUT2D eigenvalue weighted by Crippen LogP contribution is -2.53. The van der Waals surface area contributed by atoms with Gasteiger partial charge in [0.05, 0.1) is 23.7 Å². The van der Waals surface area contributed by atoms with Gasteiger partial charge < -0.3 is 19.9 Å². The lowest BCUT2D eigenvalue weighted by molar-refractivity contribution is -0.123. The second-order valence-corrected chi connectivity index (χ2v) is 6.50. The summed E-state index contributed by atoms with van der Waals surface area (Å²) in [5.41, 5.74) is 2.83. The summed E-state index contributed by atoms with van der Waals surface area (Å²) in [4.78, 5) is 17.2. The van der Waals surface area contributed by atoms with Crippen molar-refractivity contribution in [2.45, 2.75) is 37.8 Å². The van der Waals surface area contributed by atoms with Gasteiger partial charge in [0, 0.05) is 25.2 Å². The number of hydrogen-bond donors (Lipinski definition) is 2. The molecular formula is C17H22N4O2. The van der Waals surface area contributed by atoms with Crippen LogP contribution in [-0.4, -0.2) is 40.8 Å². The molecule has 2 atom stereocenters. The number of aryl methyl sites for hydroxylation is 1. The Morgan fingerprint density at radius 3 is 3.00 bits per heavy atom. The van der Waals surface area contributed by atoms with E-state index in [9.17, 15) is 4.79 Å². The predicted octanol–water partition coefficient (Wildman–Crippen LogP) is 1.77. The van der Waals surface area contributed by atoms with Crippen LogP contribution >= 0.6 is 0 Å². The van der Waals surface area contributed by atoms with Gasteiger partial charge in [-0.25, -0.2) is 4.98 Å². The number of imidazole rings is 1. The molecule has 6 heteroatoms. The summed E-state index contributed by atoms with van der Waals surface area (Å²) in [6.45, 7) is 3.27. The van der Waals surface area contributed by atoms with Gasteiger partial charge in [-0.15, -0.1) is 0 Å². The first-order chi connectivity index (χ1) is 11.1. The highest BCUT2D eigenvalue weighted by molar-refractivity contribution is 5.97. The van der Waals surface area contributed by atoms with Crippen LogP contribution in [0, 0.1) is 0 Å². The van der Waals surface area contributed by atoms with E-state index in [2.05, 4.69) is 22.2 Å². The molecule has 2 heterocycles. The summed E-state index contributed by atoms with van der Waals surface area (Å²) in [6.07, 6.45) is 2.33. The van der Waals surface area contributed by atoms with Crippen molar-refractivity contribution in [1.29, 1.82) is 0 Å². The van der Waals surface area contributed by atoms with E-state index in [0.29, 0.717) is 19.1 Å². The molecule has 2 fully saturated rings. The van der Waals surface area contributed by atoms with Gasteiger partial charge in [-0.2, -0.15) is 0 Å². The molecule has 1 amide bonds. The number of morpholine rings is 1. The van der Waals surface area contributed by atoms with E-state index >= 15 is 0 Å². The fourth-order valence-electron chi connectivity index (χ4n) is 3.25. The highest BCUT2D eigenvalue weighted by atomic mass is 16.5. The van der Waals surface area contributed by atoms with Crippen molar-refractivity contribution in [2.75, 3.05) is 18.5 Å². The Morgan fingerprint density at radius 2 is 2.26 bits per heavy atom. The largest absolute Gasteiger partial charge is 0.375 e. The van der Waals surface area contributed by atoms with E-state index in [1.165, 1.54) is 12.8 Å². The van der Waals surface area contributed by atoms with Crippen LogP contribution < -0.4 is 10.6 Å². The Hall–Kier alpha value is -1.92. The zero-order chi connectivity index (χ0) is 16.0. The van der Waals surface area contributed by atoms with E-state index in [-0.39, 0.29) is 18.1 Å². The second kappa shape index (κ2) is 5.62. The highest BCUT2D eigenvalue weighted by Crippen LogP contribution is 2.40. The standard InChI is InChI=1S/C17H22N4O2/c1-10-15(18-7-8-23-10)17(22)19-12-5-6-14-13(9-12)20-16(21(14)2)11-3-4-11/h5-6,9-11,15,18H,3-4,7-8H2,1-2H3,(H,19,22)/t10-,15+/m1/s1. The molecule has 1 aromatic carbocycles.